The molecule has 1 heterocycles. The van der Waals surface area contributed by atoms with Crippen molar-refractivity contribution in [2.75, 3.05) is 11.9 Å². The number of benzene rings is 1. The Morgan fingerprint density at radius 2 is 2.12 bits per heavy atom. The molecule has 1 aromatic heterocycles. The molecule has 0 radical (unpaired) electrons. The summed E-state index contributed by atoms with van der Waals surface area (Å²) in [5, 5.41) is 3.14. The van der Waals surface area contributed by atoms with Crippen molar-refractivity contribution >= 4 is 17.5 Å². The molecule has 0 saturated carbocycles. The zero-order valence-corrected chi connectivity index (χ0v) is 9.57. The zero-order valence-electron chi connectivity index (χ0n) is 9.57. The highest BCUT2D eigenvalue weighted by atomic mass is 16.5. The van der Waals surface area contributed by atoms with E-state index in [2.05, 4.69) is 10.3 Å². The van der Waals surface area contributed by atoms with Crippen LogP contribution in [0.2, 0.25) is 0 Å². The van der Waals surface area contributed by atoms with E-state index in [0.29, 0.717) is 12.2 Å². The largest absolute Gasteiger partial charge is 0.462 e. The number of rotatable bonds is 4. The van der Waals surface area contributed by atoms with Crippen LogP contribution < -0.4 is 5.32 Å². The second-order valence-electron chi connectivity index (χ2n) is 3.47. The van der Waals surface area contributed by atoms with E-state index in [4.69, 9.17) is 4.74 Å². The first-order valence-electron chi connectivity index (χ1n) is 5.48. The first-order valence-corrected chi connectivity index (χ1v) is 5.48. The van der Waals surface area contributed by atoms with Gasteiger partial charge in [-0.15, -0.1) is 0 Å². The molecule has 0 aliphatic carbocycles. The van der Waals surface area contributed by atoms with Gasteiger partial charge in [0, 0.05) is 6.20 Å². The Bertz CT molecular complexity index is 492. The van der Waals surface area contributed by atoms with E-state index in [1.54, 1.807) is 13.0 Å². The van der Waals surface area contributed by atoms with Gasteiger partial charge < -0.3 is 15.0 Å². The van der Waals surface area contributed by atoms with Crippen LogP contribution in [0.4, 0.5) is 11.5 Å². The van der Waals surface area contributed by atoms with E-state index < -0.39 is 0 Å². The number of H-pyrrole nitrogens is 1. The average Bonchev–Trinajstić information content (AvgIpc) is 2.83. The van der Waals surface area contributed by atoms with Crippen LogP contribution in [0, 0.1) is 0 Å². The number of anilines is 2. The maximum Gasteiger partial charge on any atom is 0.340 e. The van der Waals surface area contributed by atoms with Crippen LogP contribution in [0.1, 0.15) is 17.3 Å². The summed E-state index contributed by atoms with van der Waals surface area (Å²) in [5.74, 6) is 0.518. The minimum Gasteiger partial charge on any atom is -0.462 e. The van der Waals surface area contributed by atoms with Crippen LogP contribution in [-0.2, 0) is 4.74 Å². The molecule has 1 aromatic carbocycles. The summed E-state index contributed by atoms with van der Waals surface area (Å²) in [5.41, 5.74) is 1.26. The minimum atomic E-state index is -0.317. The Hall–Kier alpha value is -2.23. The fourth-order valence-electron chi connectivity index (χ4n) is 1.53. The quantitative estimate of drug-likeness (QED) is 0.794. The van der Waals surface area contributed by atoms with Gasteiger partial charge in [-0.1, -0.05) is 12.1 Å². The number of hydrogen-bond donors (Lipinski definition) is 2. The molecule has 2 rings (SSSR count). The third-order valence-corrected chi connectivity index (χ3v) is 2.29. The highest BCUT2D eigenvalue weighted by Crippen LogP contribution is 2.20. The van der Waals surface area contributed by atoms with Crippen LogP contribution in [0.25, 0.3) is 0 Å². The van der Waals surface area contributed by atoms with Crippen molar-refractivity contribution in [2.24, 2.45) is 0 Å². The van der Waals surface area contributed by atoms with E-state index in [0.717, 1.165) is 11.5 Å². The van der Waals surface area contributed by atoms with Gasteiger partial charge in [-0.05, 0) is 31.2 Å². The second-order valence-corrected chi connectivity index (χ2v) is 3.47. The smallest absolute Gasteiger partial charge is 0.340 e. The predicted molar refractivity (Wildman–Crippen MR) is 66.5 cm³/mol. The molecule has 0 bridgehead atoms. The Balaban J connectivity index is 2.24. The van der Waals surface area contributed by atoms with Gasteiger partial charge >= 0.3 is 5.97 Å². The summed E-state index contributed by atoms with van der Waals surface area (Å²) in [6.45, 7) is 2.16. The third-order valence-electron chi connectivity index (χ3n) is 2.29. The minimum absolute atomic E-state index is 0.317. The van der Waals surface area contributed by atoms with Crippen molar-refractivity contribution in [3.8, 4) is 0 Å². The molecule has 0 aliphatic heterocycles. The van der Waals surface area contributed by atoms with Gasteiger partial charge in [-0.25, -0.2) is 4.79 Å². The number of carbonyl (C=O) groups is 1. The number of hydrogen-bond acceptors (Lipinski definition) is 3. The lowest BCUT2D eigenvalue weighted by Crippen LogP contribution is -2.07. The molecule has 0 atom stereocenters. The lowest BCUT2D eigenvalue weighted by atomic mass is 10.2. The van der Waals surface area contributed by atoms with Crippen LogP contribution in [0.5, 0.6) is 0 Å². The van der Waals surface area contributed by atoms with Gasteiger partial charge in [-0.2, -0.15) is 0 Å². The summed E-state index contributed by atoms with van der Waals surface area (Å²) in [4.78, 5) is 14.7. The van der Waals surface area contributed by atoms with Crippen LogP contribution in [0.15, 0.2) is 42.6 Å². The van der Waals surface area contributed by atoms with Crippen molar-refractivity contribution in [1.29, 1.82) is 0 Å². The summed E-state index contributed by atoms with van der Waals surface area (Å²) < 4.78 is 5.00. The number of aromatic nitrogens is 1. The molecule has 2 aromatic rings. The van der Waals surface area contributed by atoms with Gasteiger partial charge in [-0.3, -0.25) is 0 Å². The molecule has 88 valence electrons. The van der Waals surface area contributed by atoms with E-state index in [1.165, 1.54) is 0 Å². The molecule has 17 heavy (non-hydrogen) atoms. The summed E-state index contributed by atoms with van der Waals surface area (Å²) in [6, 6.07) is 11.0. The average molecular weight is 230 g/mol. The molecule has 0 fully saturated rings. The summed E-state index contributed by atoms with van der Waals surface area (Å²) in [6.07, 6.45) is 1.81. The molecule has 2 N–H and O–H groups in total. The van der Waals surface area contributed by atoms with Gasteiger partial charge in [0.05, 0.1) is 17.9 Å². The number of aromatic amines is 1. The van der Waals surface area contributed by atoms with Gasteiger partial charge in [0.1, 0.15) is 5.82 Å². The second kappa shape index (κ2) is 5.21. The van der Waals surface area contributed by atoms with Crippen LogP contribution in [-0.4, -0.2) is 17.6 Å². The van der Waals surface area contributed by atoms with E-state index >= 15 is 0 Å². The first kappa shape index (κ1) is 11.3. The Morgan fingerprint density at radius 1 is 1.29 bits per heavy atom. The highest BCUT2D eigenvalue weighted by Gasteiger charge is 2.11. The van der Waals surface area contributed by atoms with Gasteiger partial charge in [0.15, 0.2) is 0 Å². The van der Waals surface area contributed by atoms with Crippen LogP contribution in [0.3, 0.4) is 0 Å². The van der Waals surface area contributed by atoms with Crippen molar-refractivity contribution in [1.82, 2.24) is 4.98 Å². The molecule has 0 saturated heterocycles. The van der Waals surface area contributed by atoms with Crippen molar-refractivity contribution in [2.45, 2.75) is 6.92 Å². The molecular weight excluding hydrogens is 216 g/mol. The van der Waals surface area contributed by atoms with E-state index in [9.17, 15) is 4.79 Å². The Kier molecular flexibility index (Phi) is 3.45. The monoisotopic (exact) mass is 230 g/mol. The van der Waals surface area contributed by atoms with Crippen molar-refractivity contribution in [3.05, 3.63) is 48.2 Å². The Labute approximate surface area is 99.6 Å². The van der Waals surface area contributed by atoms with Gasteiger partial charge in [0.25, 0.3) is 0 Å². The molecule has 4 heteroatoms. The number of carbonyl (C=O) groups excluding carboxylic acids is 1. The standard InChI is InChI=1S/C13H14N2O2/c1-2-17-13(16)10-6-3-4-7-11(10)15-12-8-5-9-14-12/h3-9,14-15H,2H2,1H3. The first-order chi connectivity index (χ1) is 8.31. The maximum atomic E-state index is 11.7. The summed E-state index contributed by atoms with van der Waals surface area (Å²) in [7, 11) is 0. The SMILES string of the molecule is CCOC(=O)c1ccccc1Nc1ccc[nH]1. The van der Waals surface area contributed by atoms with Crippen molar-refractivity contribution < 1.29 is 9.53 Å². The number of nitrogens with one attached hydrogen (secondary N) is 2. The number of para-hydroxylation sites is 1. The van der Waals surface area contributed by atoms with Gasteiger partial charge in [0.2, 0.25) is 0 Å². The topological polar surface area (TPSA) is 54.1 Å². The maximum absolute atomic E-state index is 11.7. The molecule has 4 nitrogen and oxygen atoms in total. The predicted octanol–water partition coefficient (Wildman–Crippen LogP) is 2.94. The third kappa shape index (κ3) is 2.66. The lowest BCUT2D eigenvalue weighted by molar-refractivity contribution is 0.0527. The van der Waals surface area contributed by atoms with E-state index in [-0.39, 0.29) is 5.97 Å². The molecule has 0 aliphatic rings. The highest BCUT2D eigenvalue weighted by molar-refractivity contribution is 5.96. The normalized spacial score (nSPS) is 9.94. The molecule has 0 unspecified atom stereocenters. The van der Waals surface area contributed by atoms with E-state index in [1.807, 2.05) is 36.5 Å². The number of esters is 1. The fraction of sp³-hybridized carbons (Fsp3) is 0.154. The lowest BCUT2D eigenvalue weighted by Gasteiger charge is -2.09. The van der Waals surface area contributed by atoms with Crippen molar-refractivity contribution in [3.63, 3.8) is 0 Å². The summed E-state index contributed by atoms with van der Waals surface area (Å²) >= 11 is 0. The van der Waals surface area contributed by atoms with Crippen LogP contribution >= 0.6 is 0 Å². The molecular formula is C13H14N2O2. The number of ether oxygens (including phenoxy) is 1. The molecule has 0 amide bonds. The molecule has 0 spiro atoms. The zero-order chi connectivity index (χ0) is 12.1. The Morgan fingerprint density at radius 3 is 2.82 bits per heavy atom. The fourth-order valence-corrected chi connectivity index (χ4v) is 1.53.